The van der Waals surface area contributed by atoms with Gasteiger partial charge in [-0.25, -0.2) is 0 Å². The Labute approximate surface area is 143 Å². The molecule has 1 aliphatic rings. The number of amides is 1. The van der Waals surface area contributed by atoms with Gasteiger partial charge in [-0.15, -0.1) is 0 Å². The van der Waals surface area contributed by atoms with E-state index in [-0.39, 0.29) is 5.91 Å². The smallest absolute Gasteiger partial charge is 0.339 e. The molecule has 1 saturated heterocycles. The zero-order valence-electron chi connectivity index (χ0n) is 13.5. The SMILES string of the molecule is O=C(c1cccnc1/C=C/c1ccc(C(F)(F)F)cc1)N1CCCC1. The van der Waals surface area contributed by atoms with E-state index >= 15 is 0 Å². The molecule has 2 aromatic rings. The predicted molar refractivity (Wildman–Crippen MR) is 89.7 cm³/mol. The lowest BCUT2D eigenvalue weighted by atomic mass is 10.1. The minimum Gasteiger partial charge on any atom is -0.339 e. The molecule has 0 saturated carbocycles. The number of nitrogens with zero attached hydrogens (tertiary/aromatic N) is 2. The first kappa shape index (κ1) is 17.2. The molecule has 1 aromatic heterocycles. The fraction of sp³-hybridized carbons (Fsp3) is 0.263. The van der Waals surface area contributed by atoms with Crippen molar-refractivity contribution in [2.75, 3.05) is 13.1 Å². The van der Waals surface area contributed by atoms with Crippen molar-refractivity contribution in [2.45, 2.75) is 19.0 Å². The summed E-state index contributed by atoms with van der Waals surface area (Å²) in [6, 6.07) is 8.29. The molecule has 1 amide bonds. The summed E-state index contributed by atoms with van der Waals surface area (Å²) < 4.78 is 37.8. The van der Waals surface area contributed by atoms with Gasteiger partial charge in [-0.2, -0.15) is 13.2 Å². The van der Waals surface area contributed by atoms with Crippen LogP contribution in [0.3, 0.4) is 0 Å². The third-order valence-electron chi connectivity index (χ3n) is 4.13. The Balaban J connectivity index is 1.81. The second-order valence-electron chi connectivity index (χ2n) is 5.89. The highest BCUT2D eigenvalue weighted by molar-refractivity contribution is 5.98. The predicted octanol–water partition coefficient (Wildman–Crippen LogP) is 4.51. The van der Waals surface area contributed by atoms with Gasteiger partial charge in [0.2, 0.25) is 0 Å². The quantitative estimate of drug-likeness (QED) is 0.819. The largest absolute Gasteiger partial charge is 0.416 e. The van der Waals surface area contributed by atoms with Crippen molar-refractivity contribution >= 4 is 18.1 Å². The fourth-order valence-electron chi connectivity index (χ4n) is 2.78. The van der Waals surface area contributed by atoms with Crippen LogP contribution in [-0.2, 0) is 6.18 Å². The number of hydrogen-bond acceptors (Lipinski definition) is 2. The molecule has 1 fully saturated rings. The van der Waals surface area contributed by atoms with Gasteiger partial charge in [0.25, 0.3) is 5.91 Å². The Bertz CT molecular complexity index is 776. The highest BCUT2D eigenvalue weighted by Crippen LogP contribution is 2.29. The van der Waals surface area contributed by atoms with E-state index in [4.69, 9.17) is 0 Å². The molecule has 0 spiro atoms. The highest BCUT2D eigenvalue weighted by Gasteiger charge is 2.29. The topological polar surface area (TPSA) is 33.2 Å². The number of aromatic nitrogens is 1. The minimum atomic E-state index is -4.35. The molecule has 1 aromatic carbocycles. The first-order valence-corrected chi connectivity index (χ1v) is 8.05. The van der Waals surface area contributed by atoms with E-state index in [0.717, 1.165) is 38.1 Å². The van der Waals surface area contributed by atoms with Crippen LogP contribution in [0.5, 0.6) is 0 Å². The molecular formula is C19H17F3N2O. The normalized spacial score (nSPS) is 15.1. The molecule has 6 heteroatoms. The van der Waals surface area contributed by atoms with Crippen molar-refractivity contribution in [2.24, 2.45) is 0 Å². The summed E-state index contributed by atoms with van der Waals surface area (Å²) >= 11 is 0. The second kappa shape index (κ2) is 7.09. The Morgan fingerprint density at radius 3 is 2.36 bits per heavy atom. The van der Waals surface area contributed by atoms with Crippen LogP contribution >= 0.6 is 0 Å². The molecule has 0 atom stereocenters. The maximum absolute atomic E-state index is 12.6. The lowest BCUT2D eigenvalue weighted by molar-refractivity contribution is -0.137. The molecule has 130 valence electrons. The van der Waals surface area contributed by atoms with Gasteiger partial charge in [-0.1, -0.05) is 18.2 Å². The molecule has 0 unspecified atom stereocenters. The first-order chi connectivity index (χ1) is 11.9. The van der Waals surface area contributed by atoms with E-state index in [1.54, 1.807) is 35.4 Å². The number of carbonyl (C=O) groups excluding carboxylic acids is 1. The Morgan fingerprint density at radius 2 is 1.72 bits per heavy atom. The molecule has 0 radical (unpaired) electrons. The molecule has 0 bridgehead atoms. The Kier molecular flexibility index (Phi) is 4.88. The van der Waals surface area contributed by atoms with Gasteiger partial charge >= 0.3 is 6.18 Å². The van der Waals surface area contributed by atoms with Crippen LogP contribution < -0.4 is 0 Å². The van der Waals surface area contributed by atoms with Gasteiger partial charge in [0, 0.05) is 19.3 Å². The maximum atomic E-state index is 12.6. The molecule has 0 aliphatic carbocycles. The molecule has 1 aliphatic heterocycles. The van der Waals surface area contributed by atoms with Crippen molar-refractivity contribution in [3.8, 4) is 0 Å². The average molecular weight is 346 g/mol. The van der Waals surface area contributed by atoms with E-state index < -0.39 is 11.7 Å². The van der Waals surface area contributed by atoms with Gasteiger partial charge in [-0.05, 0) is 48.7 Å². The number of carbonyl (C=O) groups is 1. The molecule has 0 N–H and O–H groups in total. The maximum Gasteiger partial charge on any atom is 0.416 e. The van der Waals surface area contributed by atoms with Crippen LogP contribution in [0.2, 0.25) is 0 Å². The number of rotatable bonds is 3. The van der Waals surface area contributed by atoms with E-state index in [1.807, 2.05) is 0 Å². The number of benzene rings is 1. The summed E-state index contributed by atoms with van der Waals surface area (Å²) in [4.78, 5) is 18.6. The van der Waals surface area contributed by atoms with Gasteiger partial charge < -0.3 is 4.90 Å². The first-order valence-electron chi connectivity index (χ1n) is 8.05. The van der Waals surface area contributed by atoms with Crippen molar-refractivity contribution in [1.29, 1.82) is 0 Å². The summed E-state index contributed by atoms with van der Waals surface area (Å²) in [5, 5.41) is 0. The van der Waals surface area contributed by atoms with Crippen molar-refractivity contribution in [3.05, 3.63) is 65.0 Å². The number of alkyl halides is 3. The second-order valence-corrected chi connectivity index (χ2v) is 5.89. The van der Waals surface area contributed by atoms with Crippen molar-refractivity contribution in [1.82, 2.24) is 9.88 Å². The van der Waals surface area contributed by atoms with Crippen molar-refractivity contribution in [3.63, 3.8) is 0 Å². The number of pyridine rings is 1. The van der Waals surface area contributed by atoms with E-state index in [2.05, 4.69) is 4.98 Å². The summed E-state index contributed by atoms with van der Waals surface area (Å²) in [6.07, 6.45) is 2.56. The van der Waals surface area contributed by atoms with E-state index in [1.165, 1.54) is 12.1 Å². The van der Waals surface area contributed by atoms with Gasteiger partial charge in [0.05, 0.1) is 16.8 Å². The van der Waals surface area contributed by atoms with Crippen LogP contribution in [0.4, 0.5) is 13.2 Å². The molecular weight excluding hydrogens is 329 g/mol. The minimum absolute atomic E-state index is 0.0577. The van der Waals surface area contributed by atoms with Gasteiger partial charge in [-0.3, -0.25) is 9.78 Å². The Hall–Kier alpha value is -2.63. The van der Waals surface area contributed by atoms with Gasteiger partial charge in [0.15, 0.2) is 0 Å². The fourth-order valence-corrected chi connectivity index (χ4v) is 2.78. The van der Waals surface area contributed by atoms with E-state index in [9.17, 15) is 18.0 Å². The Morgan fingerprint density at radius 1 is 1.04 bits per heavy atom. The summed E-state index contributed by atoms with van der Waals surface area (Å²) in [5.74, 6) is -0.0577. The van der Waals surface area contributed by atoms with Crippen LogP contribution in [0.1, 0.15) is 40.0 Å². The number of likely N-dealkylation sites (tertiary alicyclic amines) is 1. The van der Waals surface area contributed by atoms with Crippen LogP contribution in [0, 0.1) is 0 Å². The lowest BCUT2D eigenvalue weighted by Gasteiger charge is -2.16. The standard InChI is InChI=1S/C19H17F3N2O/c20-19(21,22)15-8-5-14(6-9-15)7-10-17-16(4-3-11-23-17)18(25)24-12-1-2-13-24/h3-11H,1-2,12-13H2/b10-7+. The molecule has 3 nitrogen and oxygen atoms in total. The summed E-state index contributed by atoms with van der Waals surface area (Å²) in [7, 11) is 0. The zero-order valence-corrected chi connectivity index (χ0v) is 13.5. The highest BCUT2D eigenvalue weighted by atomic mass is 19.4. The van der Waals surface area contributed by atoms with Crippen LogP contribution in [0.25, 0.3) is 12.2 Å². The molecule has 25 heavy (non-hydrogen) atoms. The molecule has 2 heterocycles. The third kappa shape index (κ3) is 4.07. The van der Waals surface area contributed by atoms with Crippen LogP contribution in [-0.4, -0.2) is 28.9 Å². The number of hydrogen-bond donors (Lipinski definition) is 0. The van der Waals surface area contributed by atoms with Crippen LogP contribution in [0.15, 0.2) is 42.6 Å². The van der Waals surface area contributed by atoms with E-state index in [0.29, 0.717) is 16.8 Å². The summed E-state index contributed by atoms with van der Waals surface area (Å²) in [6.45, 7) is 1.49. The summed E-state index contributed by atoms with van der Waals surface area (Å²) in [5.41, 5.74) is 0.942. The third-order valence-corrected chi connectivity index (χ3v) is 4.13. The average Bonchev–Trinajstić information content (AvgIpc) is 3.14. The lowest BCUT2D eigenvalue weighted by Crippen LogP contribution is -2.28. The molecule has 3 rings (SSSR count). The number of halogens is 3. The van der Waals surface area contributed by atoms with Gasteiger partial charge in [0.1, 0.15) is 0 Å². The monoisotopic (exact) mass is 346 g/mol. The van der Waals surface area contributed by atoms with Crippen molar-refractivity contribution < 1.29 is 18.0 Å². The zero-order chi connectivity index (χ0) is 17.9.